The SMILES string of the molecule is CCn1nccc1C(=O)C1(OC)CCCCC1. The van der Waals surface area contributed by atoms with Crippen molar-refractivity contribution in [1.82, 2.24) is 9.78 Å². The van der Waals surface area contributed by atoms with Crippen molar-refractivity contribution in [1.29, 1.82) is 0 Å². The standard InChI is InChI=1S/C13H20N2O2/c1-3-15-11(7-10-14-15)12(16)13(17-2)8-5-4-6-9-13/h7,10H,3-6,8-9H2,1-2H3. The van der Waals surface area contributed by atoms with E-state index in [9.17, 15) is 4.79 Å². The molecule has 0 aliphatic heterocycles. The third kappa shape index (κ3) is 2.14. The fraction of sp³-hybridized carbons (Fsp3) is 0.692. The van der Waals surface area contributed by atoms with Gasteiger partial charge in [-0.3, -0.25) is 9.48 Å². The molecule has 4 heteroatoms. The summed E-state index contributed by atoms with van der Waals surface area (Å²) in [7, 11) is 1.65. The molecule has 2 rings (SSSR count). The van der Waals surface area contributed by atoms with Crippen molar-refractivity contribution in [3.05, 3.63) is 18.0 Å². The summed E-state index contributed by atoms with van der Waals surface area (Å²) in [4.78, 5) is 12.6. The Bertz CT molecular complexity index is 392. The highest BCUT2D eigenvalue weighted by atomic mass is 16.5. The summed E-state index contributed by atoms with van der Waals surface area (Å²) in [5, 5.41) is 4.16. The van der Waals surface area contributed by atoms with E-state index in [-0.39, 0.29) is 5.78 Å². The van der Waals surface area contributed by atoms with Gasteiger partial charge in [-0.25, -0.2) is 0 Å². The van der Waals surface area contributed by atoms with Gasteiger partial charge in [0.2, 0.25) is 5.78 Å². The fourth-order valence-corrected chi connectivity index (χ4v) is 2.66. The van der Waals surface area contributed by atoms with Gasteiger partial charge >= 0.3 is 0 Å². The molecule has 0 unspecified atom stereocenters. The Balaban J connectivity index is 2.28. The molecule has 0 N–H and O–H groups in total. The number of rotatable bonds is 4. The van der Waals surface area contributed by atoms with Crippen molar-refractivity contribution >= 4 is 5.78 Å². The average molecular weight is 236 g/mol. The van der Waals surface area contributed by atoms with E-state index in [2.05, 4.69) is 5.10 Å². The molecule has 0 aromatic carbocycles. The molecule has 94 valence electrons. The molecule has 17 heavy (non-hydrogen) atoms. The van der Waals surface area contributed by atoms with Crippen LogP contribution >= 0.6 is 0 Å². The molecular formula is C13H20N2O2. The summed E-state index contributed by atoms with van der Waals surface area (Å²) >= 11 is 0. The highest BCUT2D eigenvalue weighted by Gasteiger charge is 2.41. The summed E-state index contributed by atoms with van der Waals surface area (Å²) in [5.74, 6) is 0.0963. The van der Waals surface area contributed by atoms with E-state index in [1.54, 1.807) is 24.1 Å². The van der Waals surface area contributed by atoms with Crippen molar-refractivity contribution in [2.24, 2.45) is 0 Å². The molecule has 0 atom stereocenters. The van der Waals surface area contributed by atoms with Crippen LogP contribution < -0.4 is 0 Å². The van der Waals surface area contributed by atoms with Gasteiger partial charge in [0.1, 0.15) is 11.3 Å². The molecule has 1 aromatic heterocycles. The van der Waals surface area contributed by atoms with E-state index in [0.717, 1.165) is 25.7 Å². The quantitative estimate of drug-likeness (QED) is 0.754. The van der Waals surface area contributed by atoms with E-state index in [1.807, 2.05) is 6.92 Å². The lowest BCUT2D eigenvalue weighted by atomic mass is 9.80. The summed E-state index contributed by atoms with van der Waals surface area (Å²) < 4.78 is 7.32. The Hall–Kier alpha value is -1.16. The van der Waals surface area contributed by atoms with E-state index < -0.39 is 5.60 Å². The van der Waals surface area contributed by atoms with Crippen LogP contribution in [-0.4, -0.2) is 28.3 Å². The monoisotopic (exact) mass is 236 g/mol. The lowest BCUT2D eigenvalue weighted by Gasteiger charge is -2.34. The lowest BCUT2D eigenvalue weighted by Crippen LogP contribution is -2.43. The van der Waals surface area contributed by atoms with Crippen molar-refractivity contribution < 1.29 is 9.53 Å². The van der Waals surface area contributed by atoms with Gasteiger partial charge in [0.15, 0.2) is 0 Å². The zero-order chi connectivity index (χ0) is 12.3. The molecule has 0 spiro atoms. The molecule has 0 saturated heterocycles. The molecule has 1 aliphatic carbocycles. The maximum absolute atomic E-state index is 12.6. The van der Waals surface area contributed by atoms with Crippen LogP contribution in [0.5, 0.6) is 0 Å². The van der Waals surface area contributed by atoms with Crippen molar-refractivity contribution in [2.75, 3.05) is 7.11 Å². The second-order valence-electron chi connectivity index (χ2n) is 4.62. The number of carbonyl (C=O) groups is 1. The van der Waals surface area contributed by atoms with Crippen molar-refractivity contribution in [2.45, 2.75) is 51.2 Å². The molecule has 1 aliphatic rings. The minimum absolute atomic E-state index is 0.0963. The minimum Gasteiger partial charge on any atom is -0.370 e. The zero-order valence-corrected chi connectivity index (χ0v) is 10.6. The summed E-state index contributed by atoms with van der Waals surface area (Å²) in [6, 6.07) is 1.79. The van der Waals surface area contributed by atoms with Gasteiger partial charge in [0.05, 0.1) is 0 Å². The highest BCUT2D eigenvalue weighted by molar-refractivity contribution is 6.01. The Labute approximate surface area is 102 Å². The first kappa shape index (κ1) is 12.3. The van der Waals surface area contributed by atoms with E-state index in [0.29, 0.717) is 12.2 Å². The number of ketones is 1. The van der Waals surface area contributed by atoms with E-state index >= 15 is 0 Å². The van der Waals surface area contributed by atoms with Crippen LogP contribution in [-0.2, 0) is 11.3 Å². The number of methoxy groups -OCH3 is 1. The van der Waals surface area contributed by atoms with Crippen LogP contribution in [0.2, 0.25) is 0 Å². The summed E-state index contributed by atoms with van der Waals surface area (Å²) in [6.45, 7) is 2.71. The number of Topliss-reactive ketones (excluding diaryl/α,β-unsaturated/α-hetero) is 1. The molecule has 1 heterocycles. The first-order valence-corrected chi connectivity index (χ1v) is 6.35. The van der Waals surface area contributed by atoms with Gasteiger partial charge in [-0.2, -0.15) is 5.10 Å². The van der Waals surface area contributed by atoms with Gasteiger partial charge < -0.3 is 4.74 Å². The van der Waals surface area contributed by atoms with Gasteiger partial charge in [0.25, 0.3) is 0 Å². The maximum Gasteiger partial charge on any atom is 0.212 e. The summed E-state index contributed by atoms with van der Waals surface area (Å²) in [6.07, 6.45) is 6.68. The number of carbonyl (C=O) groups excluding carboxylic acids is 1. The van der Waals surface area contributed by atoms with Crippen molar-refractivity contribution in [3.8, 4) is 0 Å². The largest absolute Gasteiger partial charge is 0.370 e. The van der Waals surface area contributed by atoms with Crippen LogP contribution in [0.25, 0.3) is 0 Å². The number of aryl methyl sites for hydroxylation is 1. The third-order valence-electron chi connectivity index (χ3n) is 3.71. The average Bonchev–Trinajstić information content (AvgIpc) is 2.86. The molecule has 0 bridgehead atoms. The number of aromatic nitrogens is 2. The lowest BCUT2D eigenvalue weighted by molar-refractivity contribution is -0.0201. The van der Waals surface area contributed by atoms with Crippen molar-refractivity contribution in [3.63, 3.8) is 0 Å². The zero-order valence-electron chi connectivity index (χ0n) is 10.6. The number of hydrogen-bond donors (Lipinski definition) is 0. The van der Waals surface area contributed by atoms with Gasteiger partial charge in [-0.1, -0.05) is 19.3 Å². The third-order valence-corrected chi connectivity index (χ3v) is 3.71. The topological polar surface area (TPSA) is 44.1 Å². The molecule has 1 saturated carbocycles. The smallest absolute Gasteiger partial charge is 0.212 e. The molecule has 0 radical (unpaired) electrons. The number of ether oxygens (including phenoxy) is 1. The molecular weight excluding hydrogens is 216 g/mol. The molecule has 1 aromatic rings. The molecule has 4 nitrogen and oxygen atoms in total. The van der Waals surface area contributed by atoms with Gasteiger partial charge in [0, 0.05) is 19.9 Å². The van der Waals surface area contributed by atoms with Crippen LogP contribution in [0.4, 0.5) is 0 Å². The highest BCUT2D eigenvalue weighted by Crippen LogP contribution is 2.34. The first-order chi connectivity index (χ1) is 8.23. The normalized spacial score (nSPS) is 19.2. The van der Waals surface area contributed by atoms with E-state index in [1.165, 1.54) is 6.42 Å². The fourth-order valence-electron chi connectivity index (χ4n) is 2.66. The predicted molar refractivity (Wildman–Crippen MR) is 65.1 cm³/mol. The van der Waals surface area contributed by atoms with Crippen LogP contribution in [0.3, 0.4) is 0 Å². The van der Waals surface area contributed by atoms with Crippen LogP contribution in [0.1, 0.15) is 49.5 Å². The predicted octanol–water partition coefficient (Wildman–Crippen LogP) is 2.44. The Morgan fingerprint density at radius 3 is 2.76 bits per heavy atom. The minimum atomic E-state index is -0.606. The Morgan fingerprint density at radius 2 is 2.18 bits per heavy atom. The van der Waals surface area contributed by atoms with Crippen LogP contribution in [0, 0.1) is 0 Å². The van der Waals surface area contributed by atoms with Gasteiger partial charge in [-0.15, -0.1) is 0 Å². The first-order valence-electron chi connectivity index (χ1n) is 6.35. The Kier molecular flexibility index (Phi) is 3.62. The maximum atomic E-state index is 12.6. The second-order valence-corrected chi connectivity index (χ2v) is 4.62. The van der Waals surface area contributed by atoms with E-state index in [4.69, 9.17) is 4.74 Å². The van der Waals surface area contributed by atoms with Gasteiger partial charge in [-0.05, 0) is 25.8 Å². The summed E-state index contributed by atoms with van der Waals surface area (Å²) in [5.41, 5.74) is 0.0711. The van der Waals surface area contributed by atoms with Crippen LogP contribution in [0.15, 0.2) is 12.3 Å². The number of hydrogen-bond acceptors (Lipinski definition) is 3. The Morgan fingerprint density at radius 1 is 1.47 bits per heavy atom. The molecule has 1 fully saturated rings. The second kappa shape index (κ2) is 5.00. The number of nitrogens with zero attached hydrogens (tertiary/aromatic N) is 2. The molecule has 0 amide bonds.